The summed E-state index contributed by atoms with van der Waals surface area (Å²) < 4.78 is 44.4. The molecule has 0 fully saturated rings. The molecule has 0 unspecified atom stereocenters. The van der Waals surface area contributed by atoms with Gasteiger partial charge in [-0.2, -0.15) is 0 Å². The molecule has 4 aromatic carbocycles. The fourth-order valence-electron chi connectivity index (χ4n) is 4.91. The van der Waals surface area contributed by atoms with Gasteiger partial charge in [-0.1, -0.05) is 90.8 Å². The van der Waals surface area contributed by atoms with Crippen molar-refractivity contribution in [3.8, 4) is 0 Å². The van der Waals surface area contributed by atoms with E-state index in [1.54, 1.807) is 49.4 Å². The van der Waals surface area contributed by atoms with Crippen LogP contribution in [0.15, 0.2) is 102 Å². The van der Waals surface area contributed by atoms with Gasteiger partial charge in [-0.25, -0.2) is 12.8 Å². The summed E-state index contributed by atoms with van der Waals surface area (Å²) in [4.78, 5) is 29.6. The van der Waals surface area contributed by atoms with Crippen molar-refractivity contribution >= 4 is 39.1 Å². The predicted octanol–water partition coefficient (Wildman–Crippen LogP) is 6.85. The summed E-state index contributed by atoms with van der Waals surface area (Å²) in [5.74, 6) is -1.65. The van der Waals surface area contributed by atoms with E-state index in [1.807, 2.05) is 51.1 Å². The predicted molar refractivity (Wildman–Crippen MR) is 181 cm³/mol. The van der Waals surface area contributed by atoms with Gasteiger partial charge in [0.05, 0.1) is 10.6 Å². The van der Waals surface area contributed by atoms with Gasteiger partial charge in [0.2, 0.25) is 11.8 Å². The van der Waals surface area contributed by atoms with Crippen LogP contribution in [0.1, 0.15) is 42.5 Å². The van der Waals surface area contributed by atoms with Gasteiger partial charge >= 0.3 is 0 Å². The van der Waals surface area contributed by atoms with Crippen LogP contribution < -0.4 is 9.62 Å². The van der Waals surface area contributed by atoms with Crippen molar-refractivity contribution in [2.45, 2.75) is 64.1 Å². The van der Waals surface area contributed by atoms with E-state index in [1.165, 1.54) is 29.2 Å². The normalized spacial score (nSPS) is 12.7. The Morgan fingerprint density at radius 3 is 2.20 bits per heavy atom. The number of rotatable bonds is 13. The summed E-state index contributed by atoms with van der Waals surface area (Å²) in [5.41, 5.74) is 2.76. The molecule has 0 aliphatic heterocycles. The Kier molecular flexibility index (Phi) is 11.6. The smallest absolute Gasteiger partial charge is 0.264 e. The summed E-state index contributed by atoms with van der Waals surface area (Å²) in [6.45, 7) is 6.50. The molecule has 0 aromatic heterocycles. The minimum absolute atomic E-state index is 0.0152. The lowest BCUT2D eigenvalue weighted by molar-refractivity contribution is -0.140. The van der Waals surface area contributed by atoms with Gasteiger partial charge in [0.25, 0.3) is 10.0 Å². The molecule has 2 amide bonds. The molecule has 0 saturated heterocycles. The third-order valence-corrected chi connectivity index (χ3v) is 10.1. The Labute approximate surface area is 276 Å². The van der Waals surface area contributed by atoms with Crippen molar-refractivity contribution in [2.75, 3.05) is 10.8 Å². The Bertz CT molecular complexity index is 1770. The number of carbonyl (C=O) groups is 2. The monoisotopic (exact) mass is 663 g/mol. The van der Waals surface area contributed by atoms with E-state index in [0.717, 1.165) is 21.0 Å². The number of amides is 2. The highest BCUT2D eigenvalue weighted by molar-refractivity contribution is 7.92. The molecule has 1 N–H and O–H groups in total. The number of aryl methyl sites for hydroxylation is 2. The Morgan fingerprint density at radius 1 is 0.913 bits per heavy atom. The maximum Gasteiger partial charge on any atom is 0.264 e. The number of anilines is 1. The molecule has 0 heterocycles. The average Bonchev–Trinajstić information content (AvgIpc) is 3.04. The van der Waals surface area contributed by atoms with E-state index in [2.05, 4.69) is 5.32 Å². The second kappa shape index (κ2) is 15.4. The van der Waals surface area contributed by atoms with Crippen LogP contribution in [0.4, 0.5) is 10.1 Å². The van der Waals surface area contributed by atoms with Gasteiger partial charge in [-0.15, -0.1) is 0 Å². The largest absolute Gasteiger partial charge is 0.352 e. The highest BCUT2D eigenvalue weighted by Gasteiger charge is 2.35. The van der Waals surface area contributed by atoms with Crippen molar-refractivity contribution < 1.29 is 22.4 Å². The second-order valence-corrected chi connectivity index (χ2v) is 13.7. The number of sulfonamides is 1. The molecule has 0 bridgehead atoms. The van der Waals surface area contributed by atoms with Gasteiger partial charge in [-0.05, 0) is 68.7 Å². The van der Waals surface area contributed by atoms with Crippen molar-refractivity contribution in [3.05, 3.63) is 130 Å². The molecule has 0 saturated carbocycles. The minimum Gasteiger partial charge on any atom is -0.352 e. The zero-order valence-electron chi connectivity index (χ0n) is 26.4. The third kappa shape index (κ3) is 8.53. The lowest BCUT2D eigenvalue weighted by Gasteiger charge is -2.34. The molecule has 242 valence electrons. The van der Waals surface area contributed by atoms with Crippen LogP contribution in [0.3, 0.4) is 0 Å². The first kappa shape index (κ1) is 34.7. The summed E-state index contributed by atoms with van der Waals surface area (Å²) in [6.07, 6.45) is 0.784. The fraction of sp³-hybridized carbons (Fsp3) is 0.278. The number of benzene rings is 4. The maximum absolute atomic E-state index is 15.1. The summed E-state index contributed by atoms with van der Waals surface area (Å²) in [7, 11) is -4.29. The molecule has 4 rings (SSSR count). The van der Waals surface area contributed by atoms with Crippen LogP contribution in [0.5, 0.6) is 0 Å². The molecule has 2 atom stereocenters. The highest BCUT2D eigenvalue weighted by atomic mass is 35.5. The molecule has 10 heteroatoms. The number of hydrogen-bond donors (Lipinski definition) is 1. The molecule has 0 spiro atoms. The standard InChI is InChI=1S/C36H39ClFN3O4S/c1-5-27(4)39-36(43)34(21-28-11-7-6-8-12-28)40(23-29-13-9-10-14-33(29)38)35(42)24-41(30-18-17-26(3)32(37)22-30)46(44,45)31-19-15-25(2)16-20-31/h6-20,22,27,34H,5,21,23-24H2,1-4H3,(H,39,43)/t27-,34+/m0/s1. The molecule has 0 aliphatic carbocycles. The van der Waals surface area contributed by atoms with Gasteiger partial charge in [-0.3, -0.25) is 13.9 Å². The molecule has 4 aromatic rings. The first-order valence-electron chi connectivity index (χ1n) is 15.1. The van der Waals surface area contributed by atoms with Crippen LogP contribution in [0.25, 0.3) is 0 Å². The van der Waals surface area contributed by atoms with E-state index in [-0.39, 0.29) is 35.2 Å². The van der Waals surface area contributed by atoms with Crippen molar-refractivity contribution in [2.24, 2.45) is 0 Å². The van der Waals surface area contributed by atoms with Gasteiger partial charge in [0.1, 0.15) is 18.4 Å². The van der Waals surface area contributed by atoms with Crippen LogP contribution >= 0.6 is 11.6 Å². The first-order chi connectivity index (χ1) is 21.9. The van der Waals surface area contributed by atoms with E-state index < -0.39 is 40.2 Å². The lowest BCUT2D eigenvalue weighted by Crippen LogP contribution is -2.54. The molecule has 0 radical (unpaired) electrons. The van der Waals surface area contributed by atoms with Crippen molar-refractivity contribution in [3.63, 3.8) is 0 Å². The van der Waals surface area contributed by atoms with Crippen LogP contribution in [-0.4, -0.2) is 43.8 Å². The van der Waals surface area contributed by atoms with Crippen molar-refractivity contribution in [1.82, 2.24) is 10.2 Å². The average molecular weight is 664 g/mol. The second-order valence-electron chi connectivity index (χ2n) is 11.4. The molecular weight excluding hydrogens is 625 g/mol. The zero-order chi connectivity index (χ0) is 33.4. The van der Waals surface area contributed by atoms with E-state index in [9.17, 15) is 18.0 Å². The fourth-order valence-corrected chi connectivity index (χ4v) is 6.49. The number of hydrogen-bond acceptors (Lipinski definition) is 4. The van der Waals surface area contributed by atoms with Gasteiger partial charge in [0.15, 0.2) is 0 Å². The quantitative estimate of drug-likeness (QED) is 0.170. The maximum atomic E-state index is 15.1. The van der Waals surface area contributed by atoms with Crippen LogP contribution in [0.2, 0.25) is 5.02 Å². The summed E-state index contributed by atoms with van der Waals surface area (Å²) in [6, 6.07) is 25.0. The highest BCUT2D eigenvalue weighted by Crippen LogP contribution is 2.29. The number of halogens is 2. The number of nitrogens with one attached hydrogen (secondary N) is 1. The van der Waals surface area contributed by atoms with Crippen LogP contribution in [0, 0.1) is 19.7 Å². The minimum atomic E-state index is -4.29. The van der Waals surface area contributed by atoms with Gasteiger partial charge < -0.3 is 10.2 Å². The van der Waals surface area contributed by atoms with E-state index in [4.69, 9.17) is 11.6 Å². The lowest BCUT2D eigenvalue weighted by atomic mass is 10.0. The third-order valence-electron chi connectivity index (χ3n) is 7.90. The van der Waals surface area contributed by atoms with Crippen molar-refractivity contribution in [1.29, 1.82) is 0 Å². The SMILES string of the molecule is CC[C@H](C)NC(=O)[C@@H](Cc1ccccc1)N(Cc1ccccc1F)C(=O)CN(c1ccc(C)c(Cl)c1)S(=O)(=O)c1ccc(C)cc1. The molecule has 7 nitrogen and oxygen atoms in total. The molecular formula is C36H39ClFN3O4S. The zero-order valence-corrected chi connectivity index (χ0v) is 28.0. The summed E-state index contributed by atoms with van der Waals surface area (Å²) >= 11 is 6.43. The van der Waals surface area contributed by atoms with E-state index in [0.29, 0.717) is 11.4 Å². The summed E-state index contributed by atoms with van der Waals surface area (Å²) in [5, 5.41) is 3.30. The first-order valence-corrected chi connectivity index (χ1v) is 16.9. The topological polar surface area (TPSA) is 86.8 Å². The number of carbonyl (C=O) groups excluding carboxylic acids is 2. The number of nitrogens with zero attached hydrogens (tertiary/aromatic N) is 2. The Morgan fingerprint density at radius 2 is 1.57 bits per heavy atom. The van der Waals surface area contributed by atoms with Gasteiger partial charge in [0, 0.05) is 29.6 Å². The molecule has 0 aliphatic rings. The van der Waals surface area contributed by atoms with Crippen LogP contribution in [-0.2, 0) is 32.6 Å². The Balaban J connectivity index is 1.83. The Hall–Kier alpha value is -4.21. The molecule has 46 heavy (non-hydrogen) atoms. The van der Waals surface area contributed by atoms with E-state index >= 15 is 4.39 Å².